The topological polar surface area (TPSA) is 115 Å². The number of ether oxygens (including phenoxy) is 1. The van der Waals surface area contributed by atoms with Crippen LogP contribution in [0.5, 0.6) is 0 Å². The van der Waals surface area contributed by atoms with Crippen molar-refractivity contribution in [2.75, 3.05) is 0 Å². The molecular weight excluding hydrogens is 354 g/mol. The second-order valence-corrected chi connectivity index (χ2v) is 7.52. The van der Waals surface area contributed by atoms with Crippen LogP contribution in [-0.4, -0.2) is 33.2 Å². The first kappa shape index (κ1) is 17.8. The molecule has 1 aromatic carbocycles. The third-order valence-corrected chi connectivity index (χ3v) is 4.37. The molecule has 0 atom stereocenters. The summed E-state index contributed by atoms with van der Waals surface area (Å²) in [5.41, 5.74) is 5.81. The van der Waals surface area contributed by atoms with Gasteiger partial charge in [-0.05, 0) is 26.8 Å². The van der Waals surface area contributed by atoms with Crippen molar-refractivity contribution in [3.63, 3.8) is 0 Å². The summed E-state index contributed by atoms with van der Waals surface area (Å²) in [6.45, 7) is 5.36. The molecule has 26 heavy (non-hydrogen) atoms. The van der Waals surface area contributed by atoms with Crippen LogP contribution in [0.15, 0.2) is 29.8 Å². The van der Waals surface area contributed by atoms with Gasteiger partial charge < -0.3 is 15.5 Å². The maximum atomic E-state index is 12.7. The molecule has 3 aromatic rings. The van der Waals surface area contributed by atoms with Crippen molar-refractivity contribution >= 4 is 39.9 Å². The SMILES string of the molecule is CC(C)(C)OC(=O)c1cccc2c(C(=O)c3nc(C(N)=O)cs3)c[nH]c12. The molecule has 0 aliphatic carbocycles. The molecule has 2 heterocycles. The number of carbonyl (C=O) groups is 3. The van der Waals surface area contributed by atoms with Crippen molar-refractivity contribution < 1.29 is 19.1 Å². The summed E-state index contributed by atoms with van der Waals surface area (Å²) in [7, 11) is 0. The van der Waals surface area contributed by atoms with Gasteiger partial charge in [-0.25, -0.2) is 9.78 Å². The number of fused-ring (bicyclic) bond motifs is 1. The Morgan fingerprint density at radius 2 is 1.92 bits per heavy atom. The summed E-state index contributed by atoms with van der Waals surface area (Å²) in [5, 5.41) is 2.17. The number of esters is 1. The molecule has 0 unspecified atom stereocenters. The third kappa shape index (κ3) is 3.36. The Morgan fingerprint density at radius 1 is 1.19 bits per heavy atom. The van der Waals surface area contributed by atoms with E-state index >= 15 is 0 Å². The number of amides is 1. The second kappa shape index (κ2) is 6.38. The minimum atomic E-state index is -0.688. The van der Waals surface area contributed by atoms with E-state index in [1.165, 1.54) is 11.6 Å². The van der Waals surface area contributed by atoms with E-state index in [0.29, 0.717) is 22.0 Å². The Balaban J connectivity index is 2.01. The molecule has 3 N–H and O–H groups in total. The summed E-state index contributed by atoms with van der Waals surface area (Å²) >= 11 is 1.04. The highest BCUT2D eigenvalue weighted by Gasteiger charge is 2.23. The fourth-order valence-corrected chi connectivity index (χ4v) is 3.21. The van der Waals surface area contributed by atoms with Crippen LogP contribution in [0.1, 0.15) is 57.0 Å². The van der Waals surface area contributed by atoms with Gasteiger partial charge in [0, 0.05) is 17.0 Å². The Kier molecular flexibility index (Phi) is 4.37. The van der Waals surface area contributed by atoms with Crippen LogP contribution in [0, 0.1) is 0 Å². The quantitative estimate of drug-likeness (QED) is 0.540. The standard InChI is InChI=1S/C18H17N3O4S/c1-18(2,3)25-17(24)10-6-4-5-9-11(7-20-13(9)10)14(22)16-21-12(8-26-16)15(19)23/h4-8,20H,1-3H3,(H2,19,23). The number of hydrogen-bond acceptors (Lipinski definition) is 6. The number of rotatable bonds is 4. The number of thiazole rings is 1. The van der Waals surface area contributed by atoms with Gasteiger partial charge in [-0.15, -0.1) is 11.3 Å². The fourth-order valence-electron chi connectivity index (χ4n) is 2.45. The number of hydrogen-bond donors (Lipinski definition) is 2. The molecule has 0 radical (unpaired) electrons. The fraction of sp³-hybridized carbons (Fsp3) is 0.222. The average Bonchev–Trinajstić information content (AvgIpc) is 3.19. The molecule has 8 heteroatoms. The molecule has 2 aromatic heterocycles. The van der Waals surface area contributed by atoms with Gasteiger partial charge in [0.25, 0.3) is 5.91 Å². The minimum absolute atomic E-state index is 0.0487. The first-order valence-corrected chi connectivity index (χ1v) is 8.69. The molecule has 0 aliphatic rings. The smallest absolute Gasteiger partial charge is 0.340 e. The van der Waals surface area contributed by atoms with Gasteiger partial charge in [-0.3, -0.25) is 9.59 Å². The Morgan fingerprint density at radius 3 is 2.54 bits per heavy atom. The van der Waals surface area contributed by atoms with E-state index in [4.69, 9.17) is 10.5 Å². The molecule has 1 amide bonds. The van der Waals surface area contributed by atoms with Crippen molar-refractivity contribution in [1.82, 2.24) is 9.97 Å². The lowest BCUT2D eigenvalue weighted by atomic mass is 10.1. The molecular formula is C18H17N3O4S. The first-order chi connectivity index (χ1) is 12.2. The molecule has 0 saturated carbocycles. The van der Waals surface area contributed by atoms with Crippen molar-refractivity contribution in [2.24, 2.45) is 5.73 Å². The van der Waals surface area contributed by atoms with Gasteiger partial charge in [-0.1, -0.05) is 12.1 Å². The number of nitrogens with two attached hydrogens (primary N) is 1. The van der Waals surface area contributed by atoms with Gasteiger partial charge in [0.05, 0.1) is 16.6 Å². The summed E-state index contributed by atoms with van der Waals surface area (Å²) in [4.78, 5) is 43.2. The molecule has 7 nitrogen and oxygen atoms in total. The number of carbonyl (C=O) groups excluding carboxylic acids is 3. The summed E-state index contributed by atoms with van der Waals surface area (Å²) < 4.78 is 5.41. The van der Waals surface area contributed by atoms with E-state index < -0.39 is 17.5 Å². The van der Waals surface area contributed by atoms with Crippen LogP contribution in [-0.2, 0) is 4.74 Å². The third-order valence-electron chi connectivity index (χ3n) is 3.53. The van der Waals surface area contributed by atoms with E-state index in [2.05, 4.69) is 9.97 Å². The number of aromatic nitrogens is 2. The first-order valence-electron chi connectivity index (χ1n) is 7.81. The highest BCUT2D eigenvalue weighted by Crippen LogP contribution is 2.26. The van der Waals surface area contributed by atoms with Gasteiger partial charge in [0.2, 0.25) is 5.78 Å². The zero-order chi connectivity index (χ0) is 19.1. The lowest BCUT2D eigenvalue weighted by Gasteiger charge is -2.19. The average molecular weight is 371 g/mol. The van der Waals surface area contributed by atoms with E-state index in [1.807, 2.05) is 0 Å². The number of nitrogens with one attached hydrogen (secondary N) is 1. The second-order valence-electron chi connectivity index (χ2n) is 6.66. The number of H-pyrrole nitrogens is 1. The van der Waals surface area contributed by atoms with E-state index in [0.717, 1.165) is 11.3 Å². The maximum absolute atomic E-state index is 12.7. The molecule has 134 valence electrons. The zero-order valence-electron chi connectivity index (χ0n) is 14.5. The summed E-state index contributed by atoms with van der Waals surface area (Å²) in [6.07, 6.45) is 1.52. The number of benzene rings is 1. The molecule has 0 fully saturated rings. The van der Waals surface area contributed by atoms with E-state index in [-0.39, 0.29) is 16.5 Å². The number of nitrogens with zero attached hydrogens (tertiary/aromatic N) is 1. The summed E-state index contributed by atoms with van der Waals surface area (Å²) in [6, 6.07) is 5.05. The normalized spacial score (nSPS) is 11.5. The predicted molar refractivity (Wildman–Crippen MR) is 97.5 cm³/mol. The largest absolute Gasteiger partial charge is 0.456 e. The predicted octanol–water partition coefficient (Wildman–Crippen LogP) is 2.91. The van der Waals surface area contributed by atoms with E-state index in [9.17, 15) is 14.4 Å². The van der Waals surface area contributed by atoms with Crippen molar-refractivity contribution in [1.29, 1.82) is 0 Å². The van der Waals surface area contributed by atoms with Crippen LogP contribution in [0.25, 0.3) is 10.9 Å². The molecule has 3 rings (SSSR count). The number of primary amides is 1. The molecule has 0 saturated heterocycles. The minimum Gasteiger partial charge on any atom is -0.456 e. The van der Waals surface area contributed by atoms with Crippen molar-refractivity contribution in [3.05, 3.63) is 51.6 Å². The number of aromatic amines is 1. The zero-order valence-corrected chi connectivity index (χ0v) is 15.3. The van der Waals surface area contributed by atoms with Crippen LogP contribution < -0.4 is 5.73 Å². The van der Waals surface area contributed by atoms with Crippen LogP contribution in [0.3, 0.4) is 0 Å². The lowest BCUT2D eigenvalue weighted by Crippen LogP contribution is -2.24. The molecule has 0 spiro atoms. The van der Waals surface area contributed by atoms with E-state index in [1.54, 1.807) is 39.0 Å². The lowest BCUT2D eigenvalue weighted by molar-refractivity contribution is 0.00714. The number of para-hydroxylation sites is 1. The molecule has 0 aliphatic heterocycles. The van der Waals surface area contributed by atoms with Gasteiger partial charge >= 0.3 is 5.97 Å². The van der Waals surface area contributed by atoms with Gasteiger partial charge in [0.15, 0.2) is 5.01 Å². The van der Waals surface area contributed by atoms with Crippen molar-refractivity contribution in [3.8, 4) is 0 Å². The van der Waals surface area contributed by atoms with Crippen LogP contribution >= 0.6 is 11.3 Å². The highest BCUT2D eigenvalue weighted by molar-refractivity contribution is 7.12. The summed E-state index contributed by atoms with van der Waals surface area (Å²) in [5.74, 6) is -1.52. The Labute approximate surface area is 153 Å². The number of ketones is 1. The van der Waals surface area contributed by atoms with Gasteiger partial charge in [-0.2, -0.15) is 0 Å². The maximum Gasteiger partial charge on any atom is 0.340 e. The Hall–Kier alpha value is -3.00. The Bertz CT molecular complexity index is 1030. The van der Waals surface area contributed by atoms with Crippen LogP contribution in [0.4, 0.5) is 0 Å². The van der Waals surface area contributed by atoms with Crippen molar-refractivity contribution in [2.45, 2.75) is 26.4 Å². The monoisotopic (exact) mass is 371 g/mol. The van der Waals surface area contributed by atoms with Gasteiger partial charge in [0.1, 0.15) is 11.3 Å². The highest BCUT2D eigenvalue weighted by atomic mass is 32.1. The van der Waals surface area contributed by atoms with Crippen LogP contribution in [0.2, 0.25) is 0 Å². The molecule has 0 bridgehead atoms.